The number of tetrazole rings is 1. The zero-order valence-corrected chi connectivity index (χ0v) is 10.5. The van der Waals surface area contributed by atoms with Gasteiger partial charge in [0.05, 0.1) is 13.2 Å². The molecule has 7 nitrogen and oxygen atoms in total. The Labute approximate surface area is 110 Å². The monoisotopic (exact) mass is 260 g/mol. The zero-order valence-electron chi connectivity index (χ0n) is 10.5. The van der Waals surface area contributed by atoms with Crippen molar-refractivity contribution in [1.82, 2.24) is 20.2 Å². The molecule has 1 fully saturated rings. The molecule has 0 aliphatic carbocycles. The molecule has 0 saturated carbocycles. The van der Waals surface area contributed by atoms with Crippen molar-refractivity contribution in [3.05, 3.63) is 18.2 Å². The average Bonchev–Trinajstić information content (AvgIpc) is 2.99. The van der Waals surface area contributed by atoms with E-state index in [4.69, 9.17) is 16.2 Å². The van der Waals surface area contributed by atoms with Crippen LogP contribution in [-0.2, 0) is 11.3 Å². The fraction of sp³-hybridized carbons (Fsp3) is 0.417. The number of nitrogens with zero attached hydrogens (tertiary/aromatic N) is 4. The normalized spacial score (nSPS) is 18.8. The second kappa shape index (κ2) is 4.85. The van der Waals surface area contributed by atoms with E-state index in [2.05, 4.69) is 15.5 Å². The lowest BCUT2D eigenvalue weighted by Crippen LogP contribution is -2.13. The van der Waals surface area contributed by atoms with E-state index in [0.717, 1.165) is 31.7 Å². The molecule has 2 aromatic rings. The van der Waals surface area contributed by atoms with Crippen molar-refractivity contribution in [3.63, 3.8) is 0 Å². The van der Waals surface area contributed by atoms with Crippen molar-refractivity contribution in [2.45, 2.75) is 13.0 Å². The van der Waals surface area contributed by atoms with E-state index in [9.17, 15) is 0 Å². The molecule has 4 N–H and O–H groups in total. The van der Waals surface area contributed by atoms with Gasteiger partial charge in [0.2, 0.25) is 0 Å². The third-order valence-corrected chi connectivity index (χ3v) is 3.22. The third-order valence-electron chi connectivity index (χ3n) is 3.22. The topological polar surface area (TPSA) is 105 Å². The van der Waals surface area contributed by atoms with Crippen LogP contribution in [0.3, 0.4) is 0 Å². The summed E-state index contributed by atoms with van der Waals surface area (Å²) in [5.41, 5.74) is 13.6. The highest BCUT2D eigenvalue weighted by molar-refractivity contribution is 5.67. The minimum atomic E-state index is 0.459. The molecule has 0 spiro atoms. The van der Waals surface area contributed by atoms with E-state index >= 15 is 0 Å². The Bertz CT molecular complexity index is 555. The molecule has 3 rings (SSSR count). The van der Waals surface area contributed by atoms with Crippen molar-refractivity contribution < 1.29 is 4.74 Å². The molecule has 1 saturated heterocycles. The SMILES string of the molecule is Nc1cc(N)cc(-c2nnnn2CC2CCOC2)c1. The van der Waals surface area contributed by atoms with Crippen LogP contribution in [0.15, 0.2) is 18.2 Å². The smallest absolute Gasteiger partial charge is 0.182 e. The highest BCUT2D eigenvalue weighted by Gasteiger charge is 2.19. The van der Waals surface area contributed by atoms with Gasteiger partial charge in [0.15, 0.2) is 5.82 Å². The van der Waals surface area contributed by atoms with Gasteiger partial charge in [-0.25, -0.2) is 4.68 Å². The van der Waals surface area contributed by atoms with Crippen LogP contribution in [0, 0.1) is 5.92 Å². The molecule has 7 heteroatoms. The van der Waals surface area contributed by atoms with E-state index in [1.807, 2.05) is 12.1 Å². The molecule has 100 valence electrons. The van der Waals surface area contributed by atoms with Gasteiger partial charge < -0.3 is 16.2 Å². The second-order valence-corrected chi connectivity index (χ2v) is 4.80. The Hall–Kier alpha value is -2.15. The van der Waals surface area contributed by atoms with Gasteiger partial charge in [-0.2, -0.15) is 0 Å². The quantitative estimate of drug-likeness (QED) is 0.780. The first-order valence-corrected chi connectivity index (χ1v) is 6.22. The van der Waals surface area contributed by atoms with E-state index in [-0.39, 0.29) is 0 Å². The van der Waals surface area contributed by atoms with Crippen molar-refractivity contribution >= 4 is 11.4 Å². The summed E-state index contributed by atoms with van der Waals surface area (Å²) in [4.78, 5) is 0. The highest BCUT2D eigenvalue weighted by atomic mass is 16.5. The summed E-state index contributed by atoms with van der Waals surface area (Å²) in [6, 6.07) is 5.36. The largest absolute Gasteiger partial charge is 0.399 e. The molecule has 0 bridgehead atoms. The predicted molar refractivity (Wildman–Crippen MR) is 71.0 cm³/mol. The summed E-state index contributed by atoms with van der Waals surface area (Å²) in [5, 5.41) is 11.8. The highest BCUT2D eigenvalue weighted by Crippen LogP contribution is 2.24. The van der Waals surface area contributed by atoms with Crippen molar-refractivity contribution in [2.75, 3.05) is 24.7 Å². The maximum absolute atomic E-state index is 5.80. The first kappa shape index (κ1) is 11.9. The lowest BCUT2D eigenvalue weighted by Gasteiger charge is -2.09. The molecular formula is C12H16N6O. The molecule has 1 aliphatic heterocycles. The molecule has 1 aromatic carbocycles. The van der Waals surface area contributed by atoms with Gasteiger partial charge in [-0.05, 0) is 35.0 Å². The van der Waals surface area contributed by atoms with E-state index in [0.29, 0.717) is 23.1 Å². The Kier molecular flexibility index (Phi) is 3.04. The summed E-state index contributed by atoms with van der Waals surface area (Å²) in [6.45, 7) is 2.32. The van der Waals surface area contributed by atoms with Crippen molar-refractivity contribution in [3.8, 4) is 11.4 Å². The molecule has 0 radical (unpaired) electrons. The number of nitrogens with two attached hydrogens (primary N) is 2. The molecule has 1 unspecified atom stereocenters. The Morgan fingerprint density at radius 2 is 2.05 bits per heavy atom. The van der Waals surface area contributed by atoms with Crippen LogP contribution < -0.4 is 11.5 Å². The molecule has 19 heavy (non-hydrogen) atoms. The molecule has 1 atom stereocenters. The minimum Gasteiger partial charge on any atom is -0.399 e. The summed E-state index contributed by atoms with van der Waals surface area (Å²) in [5.74, 6) is 1.14. The Morgan fingerprint density at radius 1 is 1.26 bits per heavy atom. The fourth-order valence-electron chi connectivity index (χ4n) is 2.31. The van der Waals surface area contributed by atoms with Gasteiger partial charge >= 0.3 is 0 Å². The molecular weight excluding hydrogens is 244 g/mol. The number of rotatable bonds is 3. The second-order valence-electron chi connectivity index (χ2n) is 4.80. The van der Waals surface area contributed by atoms with Crippen LogP contribution in [0.5, 0.6) is 0 Å². The van der Waals surface area contributed by atoms with Gasteiger partial charge in [0, 0.05) is 29.5 Å². The molecule has 0 amide bonds. The Morgan fingerprint density at radius 3 is 2.74 bits per heavy atom. The standard InChI is InChI=1S/C12H16N6O/c13-10-3-9(4-11(14)5-10)12-15-16-17-18(12)6-8-1-2-19-7-8/h3-5,8H,1-2,6-7,13-14H2. The van der Waals surface area contributed by atoms with Gasteiger partial charge in [-0.15, -0.1) is 5.10 Å². The van der Waals surface area contributed by atoms with Crippen LogP contribution >= 0.6 is 0 Å². The lowest BCUT2D eigenvalue weighted by atomic mass is 10.1. The summed E-state index contributed by atoms with van der Waals surface area (Å²) < 4.78 is 7.15. The number of ether oxygens (including phenoxy) is 1. The lowest BCUT2D eigenvalue weighted by molar-refractivity contribution is 0.181. The van der Waals surface area contributed by atoms with Crippen molar-refractivity contribution in [2.24, 2.45) is 5.92 Å². The summed E-state index contributed by atoms with van der Waals surface area (Å²) >= 11 is 0. The molecule has 1 aromatic heterocycles. The van der Waals surface area contributed by atoms with Crippen LogP contribution in [-0.4, -0.2) is 33.4 Å². The van der Waals surface area contributed by atoms with Crippen LogP contribution in [0.1, 0.15) is 6.42 Å². The number of benzene rings is 1. The maximum atomic E-state index is 5.80. The van der Waals surface area contributed by atoms with E-state index in [1.165, 1.54) is 0 Å². The fourth-order valence-corrected chi connectivity index (χ4v) is 2.31. The number of hydrogen-bond donors (Lipinski definition) is 2. The van der Waals surface area contributed by atoms with Crippen LogP contribution in [0.25, 0.3) is 11.4 Å². The summed E-state index contributed by atoms with van der Waals surface area (Å²) in [7, 11) is 0. The molecule has 2 heterocycles. The Balaban J connectivity index is 1.90. The van der Waals surface area contributed by atoms with E-state index < -0.39 is 0 Å². The third kappa shape index (κ3) is 2.50. The van der Waals surface area contributed by atoms with Crippen LogP contribution in [0.4, 0.5) is 11.4 Å². The van der Waals surface area contributed by atoms with Crippen molar-refractivity contribution in [1.29, 1.82) is 0 Å². The van der Waals surface area contributed by atoms with E-state index in [1.54, 1.807) is 10.7 Å². The maximum Gasteiger partial charge on any atom is 0.182 e. The first-order chi connectivity index (χ1) is 9.22. The predicted octanol–water partition coefficient (Wildman–Crippen LogP) is 0.541. The molecule has 1 aliphatic rings. The van der Waals surface area contributed by atoms with Gasteiger partial charge in [-0.1, -0.05) is 0 Å². The number of aromatic nitrogens is 4. The number of nitrogen functional groups attached to an aromatic ring is 2. The minimum absolute atomic E-state index is 0.459. The number of anilines is 2. The van der Waals surface area contributed by atoms with Gasteiger partial charge in [0.25, 0.3) is 0 Å². The summed E-state index contributed by atoms with van der Waals surface area (Å²) in [6.07, 6.45) is 1.04. The van der Waals surface area contributed by atoms with Gasteiger partial charge in [-0.3, -0.25) is 0 Å². The van der Waals surface area contributed by atoms with Gasteiger partial charge in [0.1, 0.15) is 0 Å². The first-order valence-electron chi connectivity index (χ1n) is 6.22. The zero-order chi connectivity index (χ0) is 13.2. The average molecular weight is 260 g/mol. The number of hydrogen-bond acceptors (Lipinski definition) is 6. The van der Waals surface area contributed by atoms with Crippen LogP contribution in [0.2, 0.25) is 0 Å².